The molecule has 1 aliphatic carbocycles. The molecule has 1 fully saturated rings. The lowest BCUT2D eigenvalue weighted by atomic mass is 9.91. The summed E-state index contributed by atoms with van der Waals surface area (Å²) < 4.78 is 31.5. The molecule has 0 atom stereocenters. The minimum absolute atomic E-state index is 0.165. The topological polar surface area (TPSA) is 9.23 Å². The molecule has 0 N–H and O–H groups in total. The van der Waals surface area contributed by atoms with Crippen molar-refractivity contribution >= 4 is 15.9 Å². The molecule has 1 aromatic carbocycles. The summed E-state index contributed by atoms with van der Waals surface area (Å²) in [7, 11) is 0. The minimum Gasteiger partial charge on any atom is -0.490 e. The van der Waals surface area contributed by atoms with Crippen LogP contribution in [0.3, 0.4) is 0 Å². The zero-order valence-electron chi connectivity index (χ0n) is 8.27. The van der Waals surface area contributed by atoms with E-state index in [1.165, 1.54) is 0 Å². The van der Waals surface area contributed by atoms with Gasteiger partial charge in [0.05, 0.1) is 0 Å². The van der Waals surface area contributed by atoms with Crippen molar-refractivity contribution in [3.8, 4) is 5.75 Å². The Bertz CT molecular complexity index is 371. The Morgan fingerprint density at radius 1 is 1.40 bits per heavy atom. The molecule has 0 heterocycles. The maximum absolute atomic E-state index is 12.5. The van der Waals surface area contributed by atoms with Gasteiger partial charge >= 0.3 is 0 Å². The lowest BCUT2D eigenvalue weighted by Crippen LogP contribution is -2.43. The molecule has 82 valence electrons. The fourth-order valence-corrected chi connectivity index (χ4v) is 1.82. The van der Waals surface area contributed by atoms with E-state index in [1.807, 2.05) is 19.1 Å². The van der Waals surface area contributed by atoms with Crippen molar-refractivity contribution in [3.05, 3.63) is 28.2 Å². The molecule has 0 aliphatic heterocycles. The van der Waals surface area contributed by atoms with Crippen molar-refractivity contribution in [1.29, 1.82) is 0 Å². The number of halogens is 3. The van der Waals surface area contributed by atoms with E-state index < -0.39 is 5.92 Å². The molecule has 1 aliphatic rings. The van der Waals surface area contributed by atoms with Gasteiger partial charge in [0.2, 0.25) is 0 Å². The number of benzene rings is 1. The van der Waals surface area contributed by atoms with Crippen LogP contribution in [0, 0.1) is 6.92 Å². The molecule has 2 rings (SSSR count). The molecule has 0 aromatic heterocycles. The first-order valence-electron chi connectivity index (χ1n) is 4.77. The maximum atomic E-state index is 12.5. The lowest BCUT2D eigenvalue weighted by Gasteiger charge is -2.34. The number of hydrogen-bond acceptors (Lipinski definition) is 1. The summed E-state index contributed by atoms with van der Waals surface area (Å²) in [5.41, 5.74) is 1.04. The van der Waals surface area contributed by atoms with Gasteiger partial charge in [0.1, 0.15) is 11.9 Å². The van der Waals surface area contributed by atoms with Crippen LogP contribution in [0.4, 0.5) is 8.78 Å². The van der Waals surface area contributed by atoms with Crippen LogP contribution in [0.5, 0.6) is 5.75 Å². The molecule has 0 saturated heterocycles. The van der Waals surface area contributed by atoms with Gasteiger partial charge in [-0.25, -0.2) is 8.78 Å². The van der Waals surface area contributed by atoms with Crippen LogP contribution < -0.4 is 4.74 Å². The molecular weight excluding hydrogens is 266 g/mol. The number of aryl methyl sites for hydroxylation is 1. The molecule has 0 spiro atoms. The molecule has 0 radical (unpaired) electrons. The normalized spacial score (nSPS) is 19.7. The largest absolute Gasteiger partial charge is 0.490 e. The molecule has 1 aromatic rings. The molecular formula is C11H11BrF2O. The summed E-state index contributed by atoms with van der Waals surface area (Å²) in [5.74, 6) is -1.86. The smallest absolute Gasteiger partial charge is 0.255 e. The minimum atomic E-state index is -2.52. The number of alkyl halides is 2. The monoisotopic (exact) mass is 276 g/mol. The zero-order valence-corrected chi connectivity index (χ0v) is 9.85. The first kappa shape index (κ1) is 10.9. The summed E-state index contributed by atoms with van der Waals surface area (Å²) in [6, 6.07) is 5.50. The van der Waals surface area contributed by atoms with E-state index in [1.54, 1.807) is 6.07 Å². The van der Waals surface area contributed by atoms with Crippen LogP contribution in [0.2, 0.25) is 0 Å². The average Bonchev–Trinajstić information content (AvgIpc) is 2.08. The van der Waals surface area contributed by atoms with Gasteiger partial charge in [-0.3, -0.25) is 0 Å². The van der Waals surface area contributed by atoms with Crippen molar-refractivity contribution in [3.63, 3.8) is 0 Å². The fraction of sp³-hybridized carbons (Fsp3) is 0.455. The first-order valence-corrected chi connectivity index (χ1v) is 5.56. The average molecular weight is 277 g/mol. The maximum Gasteiger partial charge on any atom is 0.255 e. The van der Waals surface area contributed by atoms with Crippen molar-refractivity contribution in [2.24, 2.45) is 0 Å². The molecule has 15 heavy (non-hydrogen) atoms. The van der Waals surface area contributed by atoms with Crippen molar-refractivity contribution in [1.82, 2.24) is 0 Å². The van der Waals surface area contributed by atoms with Gasteiger partial charge in [0.25, 0.3) is 5.92 Å². The Morgan fingerprint density at radius 2 is 2.07 bits per heavy atom. The van der Waals surface area contributed by atoms with Gasteiger partial charge in [-0.15, -0.1) is 0 Å². The Kier molecular flexibility index (Phi) is 2.71. The van der Waals surface area contributed by atoms with E-state index in [-0.39, 0.29) is 18.9 Å². The second-order valence-electron chi connectivity index (χ2n) is 3.92. The van der Waals surface area contributed by atoms with Crippen LogP contribution in [0.1, 0.15) is 18.4 Å². The van der Waals surface area contributed by atoms with Gasteiger partial charge in [0, 0.05) is 17.3 Å². The van der Waals surface area contributed by atoms with E-state index >= 15 is 0 Å². The van der Waals surface area contributed by atoms with Crippen LogP contribution in [0.25, 0.3) is 0 Å². The number of hydrogen-bond donors (Lipinski definition) is 0. The molecule has 0 amide bonds. The highest BCUT2D eigenvalue weighted by Gasteiger charge is 2.46. The van der Waals surface area contributed by atoms with Gasteiger partial charge in [-0.05, 0) is 30.7 Å². The van der Waals surface area contributed by atoms with Crippen molar-refractivity contribution < 1.29 is 13.5 Å². The van der Waals surface area contributed by atoms with Crippen LogP contribution in [-0.4, -0.2) is 12.0 Å². The van der Waals surface area contributed by atoms with Crippen molar-refractivity contribution in [2.75, 3.05) is 0 Å². The zero-order chi connectivity index (χ0) is 11.1. The third-order valence-electron chi connectivity index (χ3n) is 2.48. The summed E-state index contributed by atoms with van der Waals surface area (Å²) in [5, 5.41) is 0. The van der Waals surface area contributed by atoms with E-state index in [0.29, 0.717) is 5.75 Å². The Morgan fingerprint density at radius 3 is 2.60 bits per heavy atom. The van der Waals surface area contributed by atoms with E-state index in [4.69, 9.17) is 4.74 Å². The van der Waals surface area contributed by atoms with Crippen LogP contribution >= 0.6 is 15.9 Å². The fourth-order valence-electron chi connectivity index (χ4n) is 1.57. The molecule has 0 unspecified atom stereocenters. The summed E-state index contributed by atoms with van der Waals surface area (Å²) in [6.07, 6.45) is -0.662. The first-order chi connectivity index (χ1) is 6.96. The van der Waals surface area contributed by atoms with Gasteiger partial charge < -0.3 is 4.74 Å². The van der Waals surface area contributed by atoms with E-state index in [0.717, 1.165) is 10.0 Å². The highest BCUT2D eigenvalue weighted by Crippen LogP contribution is 2.39. The van der Waals surface area contributed by atoms with Gasteiger partial charge in [-0.1, -0.05) is 15.9 Å². The van der Waals surface area contributed by atoms with Gasteiger partial charge in [0.15, 0.2) is 0 Å². The van der Waals surface area contributed by atoms with E-state index in [9.17, 15) is 8.78 Å². The number of ether oxygens (including phenoxy) is 1. The second kappa shape index (κ2) is 3.74. The van der Waals surface area contributed by atoms with Crippen molar-refractivity contribution in [2.45, 2.75) is 31.8 Å². The SMILES string of the molecule is Cc1cc(OC2CC(F)(F)C2)ccc1Br. The third kappa shape index (κ3) is 2.48. The lowest BCUT2D eigenvalue weighted by molar-refractivity contribution is -0.134. The number of rotatable bonds is 2. The van der Waals surface area contributed by atoms with Crippen LogP contribution in [0.15, 0.2) is 22.7 Å². The third-order valence-corrected chi connectivity index (χ3v) is 3.37. The summed E-state index contributed by atoms with van der Waals surface area (Å²) in [6.45, 7) is 1.94. The highest BCUT2D eigenvalue weighted by atomic mass is 79.9. The molecule has 0 bridgehead atoms. The predicted molar refractivity (Wildman–Crippen MR) is 57.5 cm³/mol. The molecule has 1 nitrogen and oxygen atoms in total. The quantitative estimate of drug-likeness (QED) is 0.795. The predicted octanol–water partition coefficient (Wildman–Crippen LogP) is 3.93. The standard InChI is InChI=1S/C11H11BrF2O/c1-7-4-8(2-3-10(7)12)15-9-5-11(13,14)6-9/h2-4,9H,5-6H2,1H3. The van der Waals surface area contributed by atoms with Gasteiger partial charge in [-0.2, -0.15) is 0 Å². The van der Waals surface area contributed by atoms with Crippen LogP contribution in [-0.2, 0) is 0 Å². The Labute approximate surface area is 95.6 Å². The van der Waals surface area contributed by atoms with E-state index in [2.05, 4.69) is 15.9 Å². The second-order valence-corrected chi connectivity index (χ2v) is 4.77. The highest BCUT2D eigenvalue weighted by molar-refractivity contribution is 9.10. The molecule has 4 heteroatoms. The summed E-state index contributed by atoms with van der Waals surface area (Å²) in [4.78, 5) is 0. The summed E-state index contributed by atoms with van der Waals surface area (Å²) >= 11 is 3.37. The molecule has 1 saturated carbocycles. The Balaban J connectivity index is 1.98. The Hall–Kier alpha value is -0.640.